The highest BCUT2D eigenvalue weighted by molar-refractivity contribution is 6.39. The predicted molar refractivity (Wildman–Crippen MR) is 289 cm³/mol. The van der Waals surface area contributed by atoms with Gasteiger partial charge >= 0.3 is 0 Å². The van der Waals surface area contributed by atoms with Crippen LogP contribution in [0.2, 0.25) is 0 Å². The fourth-order valence-electron chi connectivity index (χ4n) is 12.2. The number of hydrogen-bond donors (Lipinski definition) is 0. The minimum atomic E-state index is 0.629. The number of hydrogen-bond acceptors (Lipinski definition) is 2. The Labute approximate surface area is 394 Å². The van der Waals surface area contributed by atoms with Crippen LogP contribution in [0.1, 0.15) is 0 Å². The molecule has 11 aromatic carbocycles. The summed E-state index contributed by atoms with van der Waals surface area (Å²) in [7, 11) is 0. The molecule has 318 valence electrons. The quantitative estimate of drug-likeness (QED) is 0.177. The Morgan fingerprint density at radius 2 is 0.928 bits per heavy atom. The number of nitrogens with zero attached hydrogens (tertiary/aromatic N) is 5. The van der Waals surface area contributed by atoms with E-state index in [2.05, 4.69) is 238 Å². The van der Waals surface area contributed by atoms with Crippen molar-refractivity contribution in [2.75, 3.05) is 0 Å². The number of rotatable bonds is 4. The lowest BCUT2D eigenvalue weighted by Crippen LogP contribution is -2.04. The van der Waals surface area contributed by atoms with Crippen LogP contribution >= 0.6 is 0 Å². The maximum absolute atomic E-state index is 5.85. The van der Waals surface area contributed by atoms with Gasteiger partial charge in [0.25, 0.3) is 0 Å². The van der Waals surface area contributed by atoms with Crippen molar-refractivity contribution in [3.8, 4) is 34.0 Å². The minimum Gasteiger partial charge on any atom is -0.309 e. The summed E-state index contributed by atoms with van der Waals surface area (Å²) in [6.07, 6.45) is 2.07. The molecule has 5 aromatic heterocycles. The molecular formula is C64H37N5. The van der Waals surface area contributed by atoms with Gasteiger partial charge in [0.15, 0.2) is 0 Å². The van der Waals surface area contributed by atoms with E-state index in [0.29, 0.717) is 5.95 Å². The summed E-state index contributed by atoms with van der Waals surface area (Å²) >= 11 is 0. The molecule has 0 unspecified atom stereocenters. The molecule has 0 N–H and O–H groups in total. The van der Waals surface area contributed by atoms with E-state index in [4.69, 9.17) is 9.97 Å². The summed E-state index contributed by atoms with van der Waals surface area (Å²) in [5, 5.41) is 16.9. The van der Waals surface area contributed by atoms with Gasteiger partial charge in [0.05, 0.1) is 44.3 Å². The van der Waals surface area contributed by atoms with E-state index in [1.807, 2.05) is 0 Å². The van der Waals surface area contributed by atoms with Crippen LogP contribution in [0.4, 0.5) is 0 Å². The largest absolute Gasteiger partial charge is 0.309 e. The second-order valence-electron chi connectivity index (χ2n) is 18.4. The van der Waals surface area contributed by atoms with Gasteiger partial charge in [0.2, 0.25) is 5.95 Å². The Morgan fingerprint density at radius 1 is 0.319 bits per heavy atom. The molecule has 0 saturated carbocycles. The summed E-state index contributed by atoms with van der Waals surface area (Å²) in [6.45, 7) is 0. The first kappa shape index (κ1) is 36.8. The average molecular weight is 876 g/mol. The zero-order chi connectivity index (χ0) is 44.9. The van der Waals surface area contributed by atoms with E-state index >= 15 is 0 Å². The van der Waals surface area contributed by atoms with Gasteiger partial charge in [-0.2, -0.15) is 0 Å². The predicted octanol–water partition coefficient (Wildman–Crippen LogP) is 16.6. The third-order valence-corrected chi connectivity index (χ3v) is 15.0. The Hall–Kier alpha value is -9.32. The molecule has 0 saturated heterocycles. The van der Waals surface area contributed by atoms with Crippen molar-refractivity contribution in [2.24, 2.45) is 0 Å². The molecule has 0 spiro atoms. The highest BCUT2D eigenvalue weighted by Crippen LogP contribution is 2.49. The second kappa shape index (κ2) is 13.6. The van der Waals surface area contributed by atoms with Crippen molar-refractivity contribution >= 4 is 114 Å². The maximum atomic E-state index is 5.85. The van der Waals surface area contributed by atoms with Gasteiger partial charge in [-0.15, -0.1) is 0 Å². The fraction of sp³-hybridized carbons (Fsp3) is 0. The van der Waals surface area contributed by atoms with Crippen molar-refractivity contribution in [1.82, 2.24) is 23.5 Å². The second-order valence-corrected chi connectivity index (χ2v) is 18.4. The first-order chi connectivity index (χ1) is 34.3. The smallest absolute Gasteiger partial charge is 0.235 e. The monoisotopic (exact) mass is 875 g/mol. The van der Waals surface area contributed by atoms with E-state index in [9.17, 15) is 0 Å². The van der Waals surface area contributed by atoms with E-state index < -0.39 is 0 Å². The van der Waals surface area contributed by atoms with Gasteiger partial charge in [-0.3, -0.25) is 4.57 Å². The highest BCUT2D eigenvalue weighted by atomic mass is 15.2. The first-order valence-corrected chi connectivity index (χ1v) is 23.7. The Balaban J connectivity index is 1.05. The minimum absolute atomic E-state index is 0.629. The van der Waals surface area contributed by atoms with Crippen LogP contribution in [0.5, 0.6) is 0 Å². The first-order valence-electron chi connectivity index (χ1n) is 23.7. The Morgan fingerprint density at radius 3 is 1.78 bits per heavy atom. The van der Waals surface area contributed by atoms with Gasteiger partial charge in [0, 0.05) is 76.9 Å². The number of benzene rings is 11. The third kappa shape index (κ3) is 4.87. The van der Waals surface area contributed by atoms with Crippen LogP contribution in [-0.4, -0.2) is 23.5 Å². The molecule has 0 fully saturated rings. The summed E-state index contributed by atoms with van der Waals surface area (Å²) in [5.74, 6) is 0.629. The van der Waals surface area contributed by atoms with Crippen molar-refractivity contribution in [2.45, 2.75) is 0 Å². The zero-order valence-corrected chi connectivity index (χ0v) is 37.1. The maximum Gasteiger partial charge on any atom is 0.235 e. The lowest BCUT2D eigenvalue weighted by atomic mass is 9.95. The molecule has 5 heteroatoms. The Bertz CT molecular complexity index is 4830. The molecule has 0 aliphatic carbocycles. The fourth-order valence-corrected chi connectivity index (χ4v) is 12.2. The van der Waals surface area contributed by atoms with E-state index in [0.717, 1.165) is 50.0 Å². The molecule has 0 atom stereocenters. The molecule has 16 aromatic rings. The van der Waals surface area contributed by atoms with E-state index in [1.165, 1.54) is 92.1 Å². The summed E-state index contributed by atoms with van der Waals surface area (Å²) in [6, 6.07) is 79.5. The molecule has 0 aliphatic heterocycles. The van der Waals surface area contributed by atoms with Crippen molar-refractivity contribution in [3.63, 3.8) is 0 Å². The highest BCUT2D eigenvalue weighted by Gasteiger charge is 2.27. The molecule has 16 rings (SSSR count). The van der Waals surface area contributed by atoms with Gasteiger partial charge in [0.1, 0.15) is 0 Å². The van der Waals surface area contributed by atoms with E-state index in [-0.39, 0.29) is 0 Å². The molecule has 69 heavy (non-hydrogen) atoms. The van der Waals surface area contributed by atoms with Crippen molar-refractivity contribution in [3.05, 3.63) is 225 Å². The number of para-hydroxylation sites is 4. The summed E-state index contributed by atoms with van der Waals surface area (Å²) < 4.78 is 7.29. The van der Waals surface area contributed by atoms with Crippen LogP contribution in [-0.2, 0) is 0 Å². The lowest BCUT2D eigenvalue weighted by molar-refractivity contribution is 0.997. The molecule has 5 nitrogen and oxygen atoms in total. The van der Waals surface area contributed by atoms with Gasteiger partial charge in [-0.05, 0) is 63.5 Å². The Kier molecular flexibility index (Phi) is 7.28. The molecule has 5 heterocycles. The number of aromatic nitrogens is 5. The van der Waals surface area contributed by atoms with Crippen molar-refractivity contribution in [1.29, 1.82) is 0 Å². The molecule has 0 aliphatic rings. The topological polar surface area (TPSA) is 40.0 Å². The van der Waals surface area contributed by atoms with Crippen LogP contribution in [0, 0.1) is 0 Å². The van der Waals surface area contributed by atoms with Crippen LogP contribution in [0.25, 0.3) is 148 Å². The van der Waals surface area contributed by atoms with Crippen LogP contribution in [0.3, 0.4) is 0 Å². The molecular weight excluding hydrogens is 839 g/mol. The summed E-state index contributed by atoms with van der Waals surface area (Å²) in [5.41, 5.74) is 13.3. The molecule has 0 bridgehead atoms. The van der Waals surface area contributed by atoms with Crippen LogP contribution < -0.4 is 0 Å². The van der Waals surface area contributed by atoms with E-state index in [1.54, 1.807) is 0 Å². The van der Waals surface area contributed by atoms with Gasteiger partial charge in [-0.25, -0.2) is 9.97 Å². The van der Waals surface area contributed by atoms with Gasteiger partial charge in [-0.1, -0.05) is 182 Å². The van der Waals surface area contributed by atoms with Gasteiger partial charge < -0.3 is 8.97 Å². The molecule has 0 radical (unpaired) electrons. The van der Waals surface area contributed by atoms with Crippen LogP contribution in [0.15, 0.2) is 225 Å². The lowest BCUT2D eigenvalue weighted by Gasteiger charge is -2.15. The standard InChI is InChI=1S/C64H37N5/c1-2-19-41(20-3-1)67-56-35-33-40(36-52(56)49-34-32-39-17-5-7-22-43(39)60(49)67)59-53(44-27-14-18-38-16-4-6-21-42(38)44)37-65-64(66-59)69-55-31-13-11-26-50(55)57-46-24-8-9-25-48(46)62-58(63(57)69)51-29-15-28-47-45-23-10-12-30-54(45)68(62)61(47)51/h1-37H. The normalized spacial score (nSPS) is 12.3. The number of fused-ring (bicyclic) bond motifs is 19. The summed E-state index contributed by atoms with van der Waals surface area (Å²) in [4.78, 5) is 11.3. The zero-order valence-electron chi connectivity index (χ0n) is 37.1. The molecule has 0 amide bonds. The third-order valence-electron chi connectivity index (χ3n) is 15.0. The SMILES string of the molecule is c1ccc(-n2c3ccc(-c4nc(-n5c6ccccc6c6c7ccccc7c7c(c8cccc9c%10ccccc%10n7c98)c65)ncc4-c4cccc5ccccc45)cc3c3ccc4ccccc4c32)cc1. The van der Waals surface area contributed by atoms with Crippen molar-refractivity contribution < 1.29 is 0 Å². The average Bonchev–Trinajstić information content (AvgIpc) is 4.16.